The van der Waals surface area contributed by atoms with Gasteiger partial charge in [-0.3, -0.25) is 4.52 Å². The van der Waals surface area contributed by atoms with Crippen LogP contribution >= 0.6 is 14.3 Å². The summed E-state index contributed by atoms with van der Waals surface area (Å²) in [6, 6.07) is 0. The molecule has 0 amide bonds. The van der Waals surface area contributed by atoms with Gasteiger partial charge in [-0.05, 0) is 22.5 Å². The zero-order valence-electron chi connectivity index (χ0n) is 22.8. The molecule has 0 fully saturated rings. The SMILES string of the molecule is CC(C)(C)P(=N[Si](C)(C)C)(N=P(C(C)(C)C)(C(C)(C)C)C(C)(C)C)C(C)(C)C. The van der Waals surface area contributed by atoms with Crippen LogP contribution in [0.4, 0.5) is 0 Å². The van der Waals surface area contributed by atoms with Crippen LogP contribution in [0.25, 0.3) is 0 Å². The third-order valence-electron chi connectivity index (χ3n) is 5.49. The highest BCUT2D eigenvalue weighted by Gasteiger charge is 2.55. The maximum absolute atomic E-state index is 6.27. The Morgan fingerprint density at radius 1 is 0.464 bits per heavy atom. The molecule has 0 aromatic heterocycles. The van der Waals surface area contributed by atoms with Gasteiger partial charge in [-0.2, -0.15) is 0 Å². The van der Waals surface area contributed by atoms with E-state index in [-0.39, 0.29) is 25.8 Å². The Hall–Kier alpha value is 0.677. The molecule has 170 valence electrons. The van der Waals surface area contributed by atoms with E-state index in [1.54, 1.807) is 0 Å². The van der Waals surface area contributed by atoms with Crippen LogP contribution in [0.2, 0.25) is 19.6 Å². The molecule has 0 aliphatic carbocycles. The van der Waals surface area contributed by atoms with E-state index in [1.165, 1.54) is 0 Å². The second kappa shape index (κ2) is 7.67. The highest BCUT2D eigenvalue weighted by Crippen LogP contribution is 2.85. The van der Waals surface area contributed by atoms with Crippen molar-refractivity contribution in [1.29, 1.82) is 0 Å². The molecule has 5 heteroatoms. The van der Waals surface area contributed by atoms with E-state index in [4.69, 9.17) is 8.93 Å². The van der Waals surface area contributed by atoms with Gasteiger partial charge in [0.05, 0.1) is 7.21 Å². The molecule has 0 aliphatic heterocycles. The Balaban J connectivity index is 8.25. The Bertz CT molecular complexity index is 602. The molecule has 0 saturated heterocycles. The van der Waals surface area contributed by atoms with E-state index in [0.29, 0.717) is 0 Å². The van der Waals surface area contributed by atoms with Crippen LogP contribution in [-0.4, -0.2) is 34.0 Å². The molecule has 28 heavy (non-hydrogen) atoms. The highest BCUT2D eigenvalue weighted by atomic mass is 31.2. The lowest BCUT2D eigenvalue weighted by atomic mass is 10.2. The van der Waals surface area contributed by atoms with Crippen molar-refractivity contribution < 1.29 is 0 Å². The van der Waals surface area contributed by atoms with Gasteiger partial charge in [0, 0.05) is 10.3 Å². The van der Waals surface area contributed by atoms with Gasteiger partial charge >= 0.3 is 0 Å². The molecule has 0 heterocycles. The molecule has 0 bridgehead atoms. The average Bonchev–Trinajstić information content (AvgIpc) is 2.24. The highest BCUT2D eigenvalue weighted by molar-refractivity contribution is 7.81. The quantitative estimate of drug-likeness (QED) is 0.296. The maximum Gasteiger partial charge on any atom is 0.172 e. The second-order valence-corrected chi connectivity index (χ2v) is 29.5. The number of rotatable bonds is 2. The fourth-order valence-electron chi connectivity index (χ4n) is 5.64. The summed E-state index contributed by atoms with van der Waals surface area (Å²) in [5.41, 5.74) is 0. The first-order chi connectivity index (χ1) is 11.7. The molecule has 0 aromatic rings. The molecular formula is C23H54N2P2Si. The predicted molar refractivity (Wildman–Crippen MR) is 141 cm³/mol. The first-order valence-corrected chi connectivity index (χ1v) is 17.8. The van der Waals surface area contributed by atoms with Crippen molar-refractivity contribution in [2.45, 2.75) is 149 Å². The summed E-state index contributed by atoms with van der Waals surface area (Å²) in [5, 5.41) is 0.484. The zero-order valence-corrected chi connectivity index (χ0v) is 25.6. The molecule has 0 spiro atoms. The van der Waals surface area contributed by atoms with Crippen molar-refractivity contribution in [3.8, 4) is 0 Å². The predicted octanol–water partition coefficient (Wildman–Crippen LogP) is 10.1. The van der Waals surface area contributed by atoms with Crippen LogP contribution in [-0.2, 0) is 0 Å². The minimum Gasteiger partial charge on any atom is -0.317 e. The van der Waals surface area contributed by atoms with Crippen LogP contribution in [0.1, 0.15) is 104 Å². The summed E-state index contributed by atoms with van der Waals surface area (Å²) in [6.07, 6.45) is 0. The lowest BCUT2D eigenvalue weighted by Crippen LogP contribution is -2.40. The first-order valence-electron chi connectivity index (χ1n) is 10.9. The smallest absolute Gasteiger partial charge is 0.172 e. The van der Waals surface area contributed by atoms with Gasteiger partial charge in [-0.1, -0.05) is 123 Å². The maximum atomic E-state index is 6.27. The topological polar surface area (TPSA) is 24.7 Å². The third kappa shape index (κ3) is 5.29. The van der Waals surface area contributed by atoms with E-state index in [2.05, 4.69) is 123 Å². The van der Waals surface area contributed by atoms with Crippen molar-refractivity contribution >= 4 is 22.5 Å². The van der Waals surface area contributed by atoms with Crippen LogP contribution < -0.4 is 0 Å². The normalized spacial score (nSPS) is 16.2. The molecule has 0 atom stereocenters. The molecule has 0 radical (unpaired) electrons. The van der Waals surface area contributed by atoms with E-state index < -0.39 is 22.5 Å². The summed E-state index contributed by atoms with van der Waals surface area (Å²) >= 11 is 0. The molecule has 0 unspecified atom stereocenters. The van der Waals surface area contributed by atoms with Crippen molar-refractivity contribution in [2.24, 2.45) is 8.93 Å². The first kappa shape index (κ1) is 28.7. The monoisotopic (exact) mass is 448 g/mol. The van der Waals surface area contributed by atoms with E-state index in [9.17, 15) is 0 Å². The third-order valence-corrected chi connectivity index (χ3v) is 20.7. The van der Waals surface area contributed by atoms with Crippen LogP contribution in [0.15, 0.2) is 8.93 Å². The molecular weight excluding hydrogens is 394 g/mol. The van der Waals surface area contributed by atoms with E-state index >= 15 is 0 Å². The standard InChI is InChI=1S/C23H54N2P2Si/c1-19(2,3)26(20(4,5)6,21(7,8)9)24-27(22(10,11)12,23(13,14)15)25-28(16,17)18/h1-18H3. The van der Waals surface area contributed by atoms with Crippen LogP contribution in [0, 0.1) is 0 Å². The minimum atomic E-state index is -2.04. The van der Waals surface area contributed by atoms with Gasteiger partial charge in [-0.15, -0.1) is 0 Å². The average molecular weight is 449 g/mol. The van der Waals surface area contributed by atoms with Crippen LogP contribution in [0.5, 0.6) is 0 Å². The molecule has 0 aliphatic rings. The molecule has 0 N–H and O–H groups in total. The van der Waals surface area contributed by atoms with Crippen molar-refractivity contribution in [3.63, 3.8) is 0 Å². The Morgan fingerprint density at radius 2 is 0.714 bits per heavy atom. The fraction of sp³-hybridized carbons (Fsp3) is 1.00. The van der Waals surface area contributed by atoms with Gasteiger partial charge < -0.3 is 4.41 Å². The second-order valence-electron chi connectivity index (χ2n) is 14.5. The lowest BCUT2D eigenvalue weighted by molar-refractivity contribution is 0.628. The Kier molecular flexibility index (Phi) is 7.85. The molecule has 0 rings (SSSR count). The largest absolute Gasteiger partial charge is 0.317 e. The lowest BCUT2D eigenvalue weighted by Gasteiger charge is -2.58. The number of hydrogen-bond donors (Lipinski definition) is 0. The summed E-state index contributed by atoms with van der Waals surface area (Å²) < 4.78 is 12.1. The Morgan fingerprint density at radius 3 is 0.857 bits per heavy atom. The summed E-state index contributed by atoms with van der Waals surface area (Å²) in [4.78, 5) is 0. The van der Waals surface area contributed by atoms with Crippen molar-refractivity contribution in [3.05, 3.63) is 0 Å². The van der Waals surface area contributed by atoms with E-state index in [0.717, 1.165) is 0 Å². The van der Waals surface area contributed by atoms with Gasteiger partial charge in [0.15, 0.2) is 8.24 Å². The molecule has 0 saturated carbocycles. The summed E-state index contributed by atoms with van der Waals surface area (Å²) in [7, 11) is -5.57. The number of nitrogens with zero attached hydrogens (tertiary/aromatic N) is 2. The minimum absolute atomic E-state index is 0.0541. The molecule has 2 nitrogen and oxygen atoms in total. The van der Waals surface area contributed by atoms with Gasteiger partial charge in [0.1, 0.15) is 0 Å². The van der Waals surface area contributed by atoms with Crippen LogP contribution in [0.3, 0.4) is 0 Å². The fourth-order valence-corrected chi connectivity index (χ4v) is 27.0. The van der Waals surface area contributed by atoms with E-state index in [1.807, 2.05) is 0 Å². The van der Waals surface area contributed by atoms with Gasteiger partial charge in [0.25, 0.3) is 0 Å². The van der Waals surface area contributed by atoms with Gasteiger partial charge in [0.2, 0.25) is 0 Å². The number of hydrogen-bond acceptors (Lipinski definition) is 1. The zero-order chi connectivity index (χ0) is 23.4. The Labute approximate surface area is 180 Å². The molecule has 0 aromatic carbocycles. The van der Waals surface area contributed by atoms with Gasteiger partial charge in [-0.25, -0.2) is 0 Å². The van der Waals surface area contributed by atoms with Crippen molar-refractivity contribution in [2.75, 3.05) is 0 Å². The van der Waals surface area contributed by atoms with Crippen molar-refractivity contribution in [1.82, 2.24) is 0 Å². The summed E-state index contributed by atoms with van der Waals surface area (Å²) in [5.74, 6) is 0. The summed E-state index contributed by atoms with van der Waals surface area (Å²) in [6.45, 7) is 43.6.